The van der Waals surface area contributed by atoms with Crippen molar-refractivity contribution in [3.05, 3.63) is 56.8 Å². The SMILES string of the molecule is COc1c(OCCCCCCCCCCCCBr)cc2oc3cc(OCCCCCCCCCCCCBr)c(CC=C(C)C)c(O)c3c(=O)c2c1CC=C(C)C. The molecule has 0 unspecified atom stereocenters. The van der Waals surface area contributed by atoms with E-state index in [-0.39, 0.29) is 16.6 Å². The first-order valence-electron chi connectivity index (χ1n) is 21.7. The molecule has 1 aromatic heterocycles. The Morgan fingerprint density at radius 2 is 0.982 bits per heavy atom. The monoisotopic (exact) mass is 902 g/mol. The molecule has 56 heavy (non-hydrogen) atoms. The number of rotatable bonds is 31. The van der Waals surface area contributed by atoms with Crippen LogP contribution in [0.4, 0.5) is 0 Å². The Morgan fingerprint density at radius 3 is 1.43 bits per heavy atom. The van der Waals surface area contributed by atoms with Gasteiger partial charge >= 0.3 is 0 Å². The average Bonchev–Trinajstić information content (AvgIpc) is 3.17. The molecule has 2 aromatic carbocycles. The molecule has 0 aliphatic carbocycles. The molecule has 0 aliphatic heterocycles. The second-order valence-corrected chi connectivity index (χ2v) is 17.5. The summed E-state index contributed by atoms with van der Waals surface area (Å²) in [5.74, 6) is 1.58. The third-order valence-corrected chi connectivity index (χ3v) is 11.6. The maximum absolute atomic E-state index is 14.5. The fourth-order valence-electron chi connectivity index (χ4n) is 7.25. The van der Waals surface area contributed by atoms with E-state index in [9.17, 15) is 9.90 Å². The molecule has 3 rings (SSSR count). The van der Waals surface area contributed by atoms with Gasteiger partial charge < -0.3 is 23.7 Å². The van der Waals surface area contributed by atoms with Crippen LogP contribution in [-0.4, -0.2) is 36.1 Å². The fraction of sp³-hybridized carbons (Fsp3) is 0.646. The van der Waals surface area contributed by atoms with Gasteiger partial charge in [-0.15, -0.1) is 0 Å². The number of hydrogen-bond acceptors (Lipinski definition) is 6. The van der Waals surface area contributed by atoms with E-state index in [1.54, 1.807) is 19.2 Å². The van der Waals surface area contributed by atoms with E-state index in [0.717, 1.165) is 47.5 Å². The van der Waals surface area contributed by atoms with Crippen molar-refractivity contribution in [3.63, 3.8) is 0 Å². The molecule has 0 atom stereocenters. The van der Waals surface area contributed by atoms with Gasteiger partial charge in [0.05, 0.1) is 25.7 Å². The second-order valence-electron chi connectivity index (χ2n) is 15.9. The minimum Gasteiger partial charge on any atom is -0.507 e. The lowest BCUT2D eigenvalue weighted by Gasteiger charge is -2.18. The van der Waals surface area contributed by atoms with Crippen LogP contribution in [0.1, 0.15) is 167 Å². The van der Waals surface area contributed by atoms with E-state index in [0.29, 0.717) is 71.0 Å². The van der Waals surface area contributed by atoms with Gasteiger partial charge in [0.1, 0.15) is 28.1 Å². The van der Waals surface area contributed by atoms with E-state index in [2.05, 4.69) is 44.0 Å². The van der Waals surface area contributed by atoms with Crippen LogP contribution in [0, 0.1) is 0 Å². The molecular formula is C48H72Br2O6. The zero-order valence-electron chi connectivity index (χ0n) is 35.4. The normalized spacial score (nSPS) is 11.3. The molecule has 0 amide bonds. The molecule has 0 radical (unpaired) electrons. The van der Waals surface area contributed by atoms with Crippen molar-refractivity contribution in [1.29, 1.82) is 0 Å². The molecule has 8 heteroatoms. The first-order chi connectivity index (χ1) is 27.2. The van der Waals surface area contributed by atoms with Crippen LogP contribution >= 0.6 is 31.9 Å². The molecule has 0 aliphatic rings. The molecule has 0 saturated carbocycles. The van der Waals surface area contributed by atoms with E-state index in [4.69, 9.17) is 18.6 Å². The van der Waals surface area contributed by atoms with Crippen molar-refractivity contribution < 1.29 is 23.7 Å². The van der Waals surface area contributed by atoms with Crippen molar-refractivity contribution in [2.24, 2.45) is 0 Å². The summed E-state index contributed by atoms with van der Waals surface area (Å²) < 4.78 is 25.2. The standard InChI is InChI=1S/C48H72Br2O6/c1-36(2)26-28-38-40(54-32-24-20-16-12-8-6-10-14-18-22-30-49)34-42-45(46(38)51)47(52)44-39(29-27-37(3)4)48(53-5)43(35-41(44)56-42)55-33-25-21-17-13-9-7-11-15-19-23-31-50/h26-27,34-35,51H,6-25,28-33H2,1-5H3. The van der Waals surface area contributed by atoms with Gasteiger partial charge in [-0.1, -0.05) is 158 Å². The highest BCUT2D eigenvalue weighted by Crippen LogP contribution is 2.42. The summed E-state index contributed by atoms with van der Waals surface area (Å²) in [4.78, 5) is 14.5. The van der Waals surface area contributed by atoms with Crippen LogP contribution in [0.5, 0.6) is 23.0 Å². The highest BCUT2D eigenvalue weighted by Gasteiger charge is 2.24. The minimum absolute atomic E-state index is 0.0797. The zero-order valence-corrected chi connectivity index (χ0v) is 38.6. The number of aromatic hydroxyl groups is 1. The molecule has 1 N–H and O–H groups in total. The Bertz CT molecular complexity index is 1700. The minimum atomic E-state index is -0.281. The summed E-state index contributed by atoms with van der Waals surface area (Å²) in [6.45, 7) is 9.23. The number of benzene rings is 2. The third kappa shape index (κ3) is 16.4. The maximum atomic E-state index is 14.5. The highest BCUT2D eigenvalue weighted by atomic mass is 79.9. The number of allylic oxidation sites excluding steroid dienone is 4. The van der Waals surface area contributed by atoms with E-state index < -0.39 is 0 Å². The summed E-state index contributed by atoms with van der Waals surface area (Å²) >= 11 is 7.03. The quantitative estimate of drug-likeness (QED) is 0.0300. The van der Waals surface area contributed by atoms with Gasteiger partial charge in [-0.3, -0.25) is 4.79 Å². The molecule has 314 valence electrons. The van der Waals surface area contributed by atoms with Crippen LogP contribution in [0.3, 0.4) is 0 Å². The van der Waals surface area contributed by atoms with Crippen molar-refractivity contribution >= 4 is 53.8 Å². The van der Waals surface area contributed by atoms with Crippen LogP contribution in [0.25, 0.3) is 21.9 Å². The highest BCUT2D eigenvalue weighted by molar-refractivity contribution is 9.09. The van der Waals surface area contributed by atoms with Crippen molar-refractivity contribution in [3.8, 4) is 23.0 Å². The third-order valence-electron chi connectivity index (χ3n) is 10.5. The number of halogens is 2. The van der Waals surface area contributed by atoms with E-state index in [1.807, 2.05) is 27.7 Å². The number of hydrogen-bond donors (Lipinski definition) is 1. The predicted molar refractivity (Wildman–Crippen MR) is 245 cm³/mol. The summed E-state index contributed by atoms with van der Waals surface area (Å²) in [7, 11) is 1.62. The van der Waals surface area contributed by atoms with Gasteiger partial charge in [-0.05, 0) is 66.2 Å². The molecule has 0 fully saturated rings. The Balaban J connectivity index is 1.81. The number of methoxy groups -OCH3 is 1. The molecule has 0 spiro atoms. The zero-order chi connectivity index (χ0) is 40.5. The number of unbranched alkanes of at least 4 members (excludes halogenated alkanes) is 18. The number of fused-ring (bicyclic) bond motifs is 2. The summed E-state index contributed by atoms with van der Waals surface area (Å²) in [5, 5.41) is 14.6. The van der Waals surface area contributed by atoms with E-state index >= 15 is 0 Å². The van der Waals surface area contributed by atoms with Crippen LogP contribution in [0.2, 0.25) is 0 Å². The van der Waals surface area contributed by atoms with Gasteiger partial charge in [0, 0.05) is 33.9 Å². The first-order valence-corrected chi connectivity index (χ1v) is 24.0. The Morgan fingerprint density at radius 1 is 0.589 bits per heavy atom. The van der Waals surface area contributed by atoms with Crippen molar-refractivity contribution in [1.82, 2.24) is 0 Å². The lowest BCUT2D eigenvalue weighted by Crippen LogP contribution is -2.10. The van der Waals surface area contributed by atoms with Crippen molar-refractivity contribution in [2.75, 3.05) is 31.0 Å². The van der Waals surface area contributed by atoms with Gasteiger partial charge in [0.25, 0.3) is 0 Å². The largest absolute Gasteiger partial charge is 0.507 e. The van der Waals surface area contributed by atoms with Gasteiger partial charge in [-0.25, -0.2) is 0 Å². The topological polar surface area (TPSA) is 78.1 Å². The number of alkyl halides is 2. The maximum Gasteiger partial charge on any atom is 0.204 e. The lowest BCUT2D eigenvalue weighted by atomic mass is 9.98. The van der Waals surface area contributed by atoms with Gasteiger partial charge in [0.15, 0.2) is 11.5 Å². The molecule has 0 saturated heterocycles. The molecule has 6 nitrogen and oxygen atoms in total. The summed E-state index contributed by atoms with van der Waals surface area (Å²) in [5.41, 5.74) is 3.99. The lowest BCUT2D eigenvalue weighted by molar-refractivity contribution is 0.284. The van der Waals surface area contributed by atoms with Crippen LogP contribution < -0.4 is 19.6 Å². The fourth-order valence-corrected chi connectivity index (χ4v) is 8.05. The van der Waals surface area contributed by atoms with Gasteiger partial charge in [-0.2, -0.15) is 0 Å². The Hall–Kier alpha value is -2.45. The Kier molecular flexibility index (Phi) is 24.0. The average molecular weight is 905 g/mol. The summed E-state index contributed by atoms with van der Waals surface area (Å²) in [6.07, 6.45) is 29.8. The van der Waals surface area contributed by atoms with E-state index in [1.165, 1.54) is 103 Å². The number of phenols is 1. The number of phenolic OH excluding ortho intramolecular Hbond substituents is 1. The predicted octanol–water partition coefficient (Wildman–Crippen LogP) is 15.0. The second kappa shape index (κ2) is 28.1. The van der Waals surface area contributed by atoms with Crippen LogP contribution in [-0.2, 0) is 12.8 Å². The molecule has 3 aromatic rings. The Labute approximate surface area is 355 Å². The van der Waals surface area contributed by atoms with Crippen LogP contribution in [0.15, 0.2) is 44.6 Å². The molecule has 0 bridgehead atoms. The smallest absolute Gasteiger partial charge is 0.204 e. The number of ether oxygens (including phenoxy) is 3. The molecule has 1 heterocycles. The van der Waals surface area contributed by atoms with Crippen molar-refractivity contribution in [2.45, 2.75) is 169 Å². The van der Waals surface area contributed by atoms with Gasteiger partial charge in [0.2, 0.25) is 5.43 Å². The first kappa shape index (κ1) is 47.9. The summed E-state index contributed by atoms with van der Waals surface area (Å²) in [6, 6.07) is 3.58. The molecular weight excluding hydrogens is 832 g/mol.